The zero-order valence-electron chi connectivity index (χ0n) is 13.1. The Bertz CT molecular complexity index is 634. The van der Waals surface area contributed by atoms with E-state index in [2.05, 4.69) is 5.32 Å². The molecule has 122 valence electrons. The van der Waals surface area contributed by atoms with Crippen LogP contribution in [0.1, 0.15) is 27.8 Å². The van der Waals surface area contributed by atoms with Crippen molar-refractivity contribution in [3.8, 4) is 0 Å². The van der Waals surface area contributed by atoms with Crippen LogP contribution in [0.25, 0.3) is 0 Å². The number of aryl methyl sites for hydroxylation is 1. The van der Waals surface area contributed by atoms with Gasteiger partial charge >= 0.3 is 5.97 Å². The Hall–Kier alpha value is -2.60. The van der Waals surface area contributed by atoms with Gasteiger partial charge in [0, 0.05) is 19.2 Å². The number of rotatable bonds is 7. The van der Waals surface area contributed by atoms with Crippen LogP contribution in [0.15, 0.2) is 47.1 Å². The van der Waals surface area contributed by atoms with E-state index in [1.807, 2.05) is 19.1 Å². The van der Waals surface area contributed by atoms with Crippen LogP contribution in [0, 0.1) is 6.92 Å². The van der Waals surface area contributed by atoms with Crippen molar-refractivity contribution in [2.75, 3.05) is 20.3 Å². The standard InChI is InChI=1S/C17H19NO5/c1-12-5-7-13(8-6-12)15(16(19)18-9-11-21-2)23-17(20)14-4-3-10-22-14/h3-8,10,15H,9,11H2,1-2H3,(H,18,19)/t15-/m0/s1. The van der Waals surface area contributed by atoms with Crippen molar-refractivity contribution in [3.63, 3.8) is 0 Å². The van der Waals surface area contributed by atoms with E-state index < -0.39 is 18.0 Å². The third kappa shape index (κ3) is 4.69. The van der Waals surface area contributed by atoms with Gasteiger partial charge < -0.3 is 19.2 Å². The first-order chi connectivity index (χ1) is 11.1. The fraction of sp³-hybridized carbons (Fsp3) is 0.294. The Balaban J connectivity index is 2.15. The Morgan fingerprint density at radius 2 is 1.96 bits per heavy atom. The molecule has 1 aromatic carbocycles. The Kier molecular flexibility index (Phi) is 5.94. The number of hydrogen-bond acceptors (Lipinski definition) is 5. The molecule has 6 heteroatoms. The predicted molar refractivity (Wildman–Crippen MR) is 82.9 cm³/mol. The largest absolute Gasteiger partial charge is 0.457 e. The molecule has 2 aromatic rings. The fourth-order valence-corrected chi connectivity index (χ4v) is 1.94. The van der Waals surface area contributed by atoms with Gasteiger partial charge in [-0.2, -0.15) is 0 Å². The molecule has 1 atom stereocenters. The topological polar surface area (TPSA) is 77.8 Å². The van der Waals surface area contributed by atoms with Crippen LogP contribution in [0.3, 0.4) is 0 Å². The average Bonchev–Trinajstić information content (AvgIpc) is 3.08. The Labute approximate surface area is 134 Å². The number of amides is 1. The van der Waals surface area contributed by atoms with Crippen molar-refractivity contribution in [2.24, 2.45) is 0 Å². The van der Waals surface area contributed by atoms with Gasteiger partial charge in [0.2, 0.25) is 11.9 Å². The summed E-state index contributed by atoms with van der Waals surface area (Å²) in [5.41, 5.74) is 1.63. The number of ether oxygens (including phenoxy) is 2. The number of benzene rings is 1. The third-order valence-corrected chi connectivity index (χ3v) is 3.17. The second-order valence-corrected chi connectivity index (χ2v) is 4.96. The summed E-state index contributed by atoms with van der Waals surface area (Å²) in [4.78, 5) is 24.4. The maximum atomic E-state index is 12.3. The molecule has 0 aliphatic heterocycles. The van der Waals surface area contributed by atoms with Crippen molar-refractivity contribution in [1.82, 2.24) is 5.32 Å². The molecule has 0 spiro atoms. The molecule has 0 aliphatic rings. The molecule has 6 nitrogen and oxygen atoms in total. The lowest BCUT2D eigenvalue weighted by atomic mass is 10.1. The number of carbonyl (C=O) groups is 2. The van der Waals surface area contributed by atoms with Gasteiger partial charge in [-0.05, 0) is 19.1 Å². The number of hydrogen-bond donors (Lipinski definition) is 1. The Morgan fingerprint density at radius 1 is 1.22 bits per heavy atom. The third-order valence-electron chi connectivity index (χ3n) is 3.17. The lowest BCUT2D eigenvalue weighted by Gasteiger charge is -2.17. The first-order valence-electron chi connectivity index (χ1n) is 7.19. The SMILES string of the molecule is COCCNC(=O)[C@@H](OC(=O)c1ccco1)c1ccc(C)cc1. The highest BCUT2D eigenvalue weighted by Gasteiger charge is 2.26. The second-order valence-electron chi connectivity index (χ2n) is 4.96. The quantitative estimate of drug-likeness (QED) is 0.626. The summed E-state index contributed by atoms with van der Waals surface area (Å²) >= 11 is 0. The number of furan rings is 1. The van der Waals surface area contributed by atoms with Crippen LogP contribution in [0.4, 0.5) is 0 Å². The maximum Gasteiger partial charge on any atom is 0.375 e. The van der Waals surface area contributed by atoms with E-state index in [4.69, 9.17) is 13.9 Å². The van der Waals surface area contributed by atoms with E-state index in [-0.39, 0.29) is 5.76 Å². The number of esters is 1. The van der Waals surface area contributed by atoms with Gasteiger partial charge in [-0.15, -0.1) is 0 Å². The number of methoxy groups -OCH3 is 1. The molecule has 0 aliphatic carbocycles. The van der Waals surface area contributed by atoms with E-state index in [0.29, 0.717) is 18.7 Å². The van der Waals surface area contributed by atoms with E-state index >= 15 is 0 Å². The van der Waals surface area contributed by atoms with Crippen molar-refractivity contribution in [1.29, 1.82) is 0 Å². The molecule has 0 radical (unpaired) electrons. The van der Waals surface area contributed by atoms with Crippen molar-refractivity contribution >= 4 is 11.9 Å². The fourth-order valence-electron chi connectivity index (χ4n) is 1.94. The molecule has 0 saturated heterocycles. The molecule has 2 rings (SSSR count). The zero-order valence-corrected chi connectivity index (χ0v) is 13.1. The van der Waals surface area contributed by atoms with Gasteiger partial charge in [0.25, 0.3) is 5.91 Å². The molecule has 1 amide bonds. The van der Waals surface area contributed by atoms with E-state index in [1.165, 1.54) is 12.3 Å². The lowest BCUT2D eigenvalue weighted by Crippen LogP contribution is -2.34. The van der Waals surface area contributed by atoms with E-state index in [9.17, 15) is 9.59 Å². The van der Waals surface area contributed by atoms with Crippen LogP contribution in [0.2, 0.25) is 0 Å². The van der Waals surface area contributed by atoms with E-state index in [1.54, 1.807) is 25.3 Å². The van der Waals surface area contributed by atoms with Crippen LogP contribution < -0.4 is 5.32 Å². The van der Waals surface area contributed by atoms with Gasteiger partial charge in [-0.1, -0.05) is 29.8 Å². The van der Waals surface area contributed by atoms with Crippen LogP contribution in [-0.2, 0) is 14.3 Å². The normalized spacial score (nSPS) is 11.7. The lowest BCUT2D eigenvalue weighted by molar-refractivity contribution is -0.130. The summed E-state index contributed by atoms with van der Waals surface area (Å²) < 4.78 is 15.2. The first kappa shape index (κ1) is 16.8. The number of carbonyl (C=O) groups excluding carboxylic acids is 2. The molecule has 1 aromatic heterocycles. The van der Waals surface area contributed by atoms with Crippen molar-refractivity contribution in [2.45, 2.75) is 13.0 Å². The molecule has 0 bridgehead atoms. The smallest absolute Gasteiger partial charge is 0.375 e. The molecular formula is C17H19NO5. The summed E-state index contributed by atoms with van der Waals surface area (Å²) in [6.45, 7) is 2.64. The van der Waals surface area contributed by atoms with Gasteiger partial charge in [-0.25, -0.2) is 4.79 Å². The van der Waals surface area contributed by atoms with Gasteiger partial charge in [0.05, 0.1) is 12.9 Å². The molecule has 0 fully saturated rings. The molecule has 1 N–H and O–H groups in total. The zero-order chi connectivity index (χ0) is 16.7. The molecule has 23 heavy (non-hydrogen) atoms. The van der Waals surface area contributed by atoms with Crippen molar-refractivity contribution in [3.05, 3.63) is 59.5 Å². The maximum absolute atomic E-state index is 12.3. The molecule has 0 unspecified atom stereocenters. The summed E-state index contributed by atoms with van der Waals surface area (Å²) in [6.07, 6.45) is 0.320. The van der Waals surface area contributed by atoms with Crippen LogP contribution in [0.5, 0.6) is 0 Å². The number of nitrogens with one attached hydrogen (secondary N) is 1. The minimum atomic E-state index is -1.05. The summed E-state index contributed by atoms with van der Waals surface area (Å²) in [5, 5.41) is 2.68. The average molecular weight is 317 g/mol. The van der Waals surface area contributed by atoms with Crippen molar-refractivity contribution < 1.29 is 23.5 Å². The molecule has 0 saturated carbocycles. The highest BCUT2D eigenvalue weighted by atomic mass is 16.6. The van der Waals surface area contributed by atoms with Gasteiger partial charge in [0.1, 0.15) is 0 Å². The summed E-state index contributed by atoms with van der Waals surface area (Å²) in [5.74, 6) is -1.06. The van der Waals surface area contributed by atoms with E-state index in [0.717, 1.165) is 5.56 Å². The highest BCUT2D eigenvalue weighted by Crippen LogP contribution is 2.20. The van der Waals surface area contributed by atoms with Crippen LogP contribution >= 0.6 is 0 Å². The minimum absolute atomic E-state index is 0.0480. The molecule has 1 heterocycles. The minimum Gasteiger partial charge on any atom is -0.457 e. The summed E-state index contributed by atoms with van der Waals surface area (Å²) in [6, 6.07) is 10.3. The first-order valence-corrected chi connectivity index (χ1v) is 7.19. The van der Waals surface area contributed by atoms with Gasteiger partial charge in [0.15, 0.2) is 0 Å². The second kappa shape index (κ2) is 8.14. The monoisotopic (exact) mass is 317 g/mol. The highest BCUT2D eigenvalue weighted by molar-refractivity contribution is 5.90. The predicted octanol–water partition coefficient (Wildman–Crippen LogP) is 2.25. The summed E-state index contributed by atoms with van der Waals surface area (Å²) in [7, 11) is 1.54. The Morgan fingerprint density at radius 3 is 2.57 bits per heavy atom. The van der Waals surface area contributed by atoms with Crippen LogP contribution in [-0.4, -0.2) is 32.1 Å². The molecular weight excluding hydrogens is 298 g/mol. The van der Waals surface area contributed by atoms with Gasteiger partial charge in [-0.3, -0.25) is 4.79 Å².